The summed E-state index contributed by atoms with van der Waals surface area (Å²) in [6.45, 7) is 4.90. The van der Waals surface area contributed by atoms with Gasteiger partial charge in [-0.05, 0) is 32.0 Å². The van der Waals surface area contributed by atoms with Gasteiger partial charge >= 0.3 is 0 Å². The maximum Gasteiger partial charge on any atom is 0.127 e. The van der Waals surface area contributed by atoms with Crippen LogP contribution in [-0.4, -0.2) is 24.0 Å². The van der Waals surface area contributed by atoms with Gasteiger partial charge in [-0.3, -0.25) is 4.68 Å². The van der Waals surface area contributed by atoms with Crippen molar-refractivity contribution < 1.29 is 9.47 Å². The SMILES string of the molecule is CCn1nc(C)cc1CC(N)c1c(OC)cccc1OC. The van der Waals surface area contributed by atoms with E-state index >= 15 is 0 Å². The van der Waals surface area contributed by atoms with Crippen LogP contribution in [0.15, 0.2) is 24.3 Å². The fraction of sp³-hybridized carbons (Fsp3) is 0.438. The lowest BCUT2D eigenvalue weighted by atomic mass is 10.0. The zero-order valence-corrected chi connectivity index (χ0v) is 13.1. The molecule has 21 heavy (non-hydrogen) atoms. The molecule has 1 aromatic heterocycles. The molecule has 0 fully saturated rings. The average molecular weight is 289 g/mol. The topological polar surface area (TPSA) is 62.3 Å². The Morgan fingerprint density at radius 3 is 2.38 bits per heavy atom. The number of benzene rings is 1. The number of nitrogens with zero attached hydrogens (tertiary/aromatic N) is 2. The number of aryl methyl sites for hydroxylation is 2. The van der Waals surface area contributed by atoms with Crippen molar-refractivity contribution in [3.63, 3.8) is 0 Å². The highest BCUT2D eigenvalue weighted by molar-refractivity contribution is 5.47. The number of nitrogens with two attached hydrogens (primary N) is 1. The van der Waals surface area contributed by atoms with Crippen molar-refractivity contribution in [1.82, 2.24) is 9.78 Å². The van der Waals surface area contributed by atoms with E-state index in [1.54, 1.807) is 14.2 Å². The van der Waals surface area contributed by atoms with Crippen molar-refractivity contribution in [2.24, 2.45) is 5.73 Å². The summed E-state index contributed by atoms with van der Waals surface area (Å²) in [5.41, 5.74) is 9.43. The summed E-state index contributed by atoms with van der Waals surface area (Å²) < 4.78 is 12.8. The molecule has 1 atom stereocenters. The summed E-state index contributed by atoms with van der Waals surface area (Å²) in [5.74, 6) is 1.50. The van der Waals surface area contributed by atoms with Crippen LogP contribution in [0.1, 0.15) is 29.9 Å². The van der Waals surface area contributed by atoms with E-state index in [0.717, 1.165) is 35.0 Å². The summed E-state index contributed by atoms with van der Waals surface area (Å²) in [7, 11) is 3.29. The first-order valence-electron chi connectivity index (χ1n) is 7.10. The van der Waals surface area contributed by atoms with E-state index in [-0.39, 0.29) is 6.04 Å². The van der Waals surface area contributed by atoms with E-state index < -0.39 is 0 Å². The molecule has 5 heteroatoms. The molecule has 1 heterocycles. The minimum atomic E-state index is -0.211. The Balaban J connectivity index is 2.33. The third kappa shape index (κ3) is 3.19. The normalized spacial score (nSPS) is 12.2. The van der Waals surface area contributed by atoms with Crippen LogP contribution in [0.5, 0.6) is 11.5 Å². The molecular formula is C16H23N3O2. The van der Waals surface area contributed by atoms with Crippen molar-refractivity contribution in [3.8, 4) is 11.5 Å². The fourth-order valence-corrected chi connectivity index (χ4v) is 2.61. The van der Waals surface area contributed by atoms with Gasteiger partial charge in [0.05, 0.1) is 25.5 Å². The molecule has 2 N–H and O–H groups in total. The predicted octanol–water partition coefficient (Wildman–Crippen LogP) is 2.47. The molecular weight excluding hydrogens is 266 g/mol. The second-order valence-corrected chi connectivity index (χ2v) is 4.98. The standard InChI is InChI=1S/C16H23N3O2/c1-5-19-12(9-11(2)18-19)10-13(17)16-14(20-3)7-6-8-15(16)21-4/h6-9,13H,5,10,17H2,1-4H3. The number of ether oxygens (including phenoxy) is 2. The second kappa shape index (κ2) is 6.63. The monoisotopic (exact) mass is 289 g/mol. The van der Waals surface area contributed by atoms with Gasteiger partial charge in [0.25, 0.3) is 0 Å². The van der Waals surface area contributed by atoms with Gasteiger partial charge < -0.3 is 15.2 Å². The van der Waals surface area contributed by atoms with Gasteiger partial charge in [0, 0.05) is 24.7 Å². The predicted molar refractivity (Wildman–Crippen MR) is 82.8 cm³/mol. The average Bonchev–Trinajstić information content (AvgIpc) is 2.85. The number of rotatable bonds is 6. The van der Waals surface area contributed by atoms with Gasteiger partial charge in [0.15, 0.2) is 0 Å². The van der Waals surface area contributed by atoms with E-state index in [9.17, 15) is 0 Å². The Bertz CT molecular complexity index is 585. The number of hydrogen-bond donors (Lipinski definition) is 1. The molecule has 0 spiro atoms. The number of aromatic nitrogens is 2. The molecule has 2 aromatic rings. The summed E-state index contributed by atoms with van der Waals surface area (Å²) >= 11 is 0. The first kappa shape index (κ1) is 15.4. The zero-order valence-electron chi connectivity index (χ0n) is 13.1. The van der Waals surface area contributed by atoms with E-state index in [2.05, 4.69) is 18.1 Å². The van der Waals surface area contributed by atoms with Crippen LogP contribution < -0.4 is 15.2 Å². The minimum absolute atomic E-state index is 0.211. The fourth-order valence-electron chi connectivity index (χ4n) is 2.61. The quantitative estimate of drug-likeness (QED) is 0.887. The molecule has 2 rings (SSSR count). The highest BCUT2D eigenvalue weighted by Crippen LogP contribution is 2.34. The number of hydrogen-bond acceptors (Lipinski definition) is 4. The smallest absolute Gasteiger partial charge is 0.127 e. The molecule has 0 amide bonds. The maximum atomic E-state index is 6.41. The molecule has 1 aromatic carbocycles. The van der Waals surface area contributed by atoms with Crippen molar-refractivity contribution >= 4 is 0 Å². The first-order chi connectivity index (χ1) is 10.1. The second-order valence-electron chi connectivity index (χ2n) is 4.98. The molecule has 0 aliphatic carbocycles. The van der Waals surface area contributed by atoms with Gasteiger partial charge in [-0.1, -0.05) is 6.07 Å². The van der Waals surface area contributed by atoms with Crippen LogP contribution >= 0.6 is 0 Å². The molecule has 0 radical (unpaired) electrons. The van der Waals surface area contributed by atoms with Crippen molar-refractivity contribution in [2.75, 3.05) is 14.2 Å². The summed E-state index contributed by atoms with van der Waals surface area (Å²) in [6, 6.07) is 7.57. The summed E-state index contributed by atoms with van der Waals surface area (Å²) in [5, 5.41) is 4.46. The zero-order chi connectivity index (χ0) is 15.4. The van der Waals surface area contributed by atoms with E-state index in [0.29, 0.717) is 6.42 Å². The van der Waals surface area contributed by atoms with E-state index in [1.165, 1.54) is 0 Å². The summed E-state index contributed by atoms with van der Waals surface area (Å²) in [4.78, 5) is 0. The van der Waals surface area contributed by atoms with Gasteiger partial charge in [-0.15, -0.1) is 0 Å². The van der Waals surface area contributed by atoms with Crippen LogP contribution in [0.4, 0.5) is 0 Å². The lowest BCUT2D eigenvalue weighted by Gasteiger charge is -2.19. The lowest BCUT2D eigenvalue weighted by molar-refractivity contribution is 0.378. The van der Waals surface area contributed by atoms with Gasteiger partial charge in [0.1, 0.15) is 11.5 Å². The van der Waals surface area contributed by atoms with Gasteiger partial charge in [0.2, 0.25) is 0 Å². The van der Waals surface area contributed by atoms with E-state index in [4.69, 9.17) is 15.2 Å². The molecule has 0 aliphatic rings. The lowest BCUT2D eigenvalue weighted by Crippen LogP contribution is -2.18. The van der Waals surface area contributed by atoms with Crippen LogP contribution in [0.2, 0.25) is 0 Å². The molecule has 0 bridgehead atoms. The molecule has 0 aliphatic heterocycles. The Morgan fingerprint density at radius 2 is 1.86 bits per heavy atom. The summed E-state index contributed by atoms with van der Waals surface area (Å²) in [6.07, 6.45) is 0.686. The molecule has 0 saturated heterocycles. The van der Waals surface area contributed by atoms with E-state index in [1.807, 2.05) is 29.8 Å². The van der Waals surface area contributed by atoms with Crippen molar-refractivity contribution in [3.05, 3.63) is 41.2 Å². The third-order valence-corrected chi connectivity index (χ3v) is 3.55. The highest BCUT2D eigenvalue weighted by atomic mass is 16.5. The third-order valence-electron chi connectivity index (χ3n) is 3.55. The minimum Gasteiger partial charge on any atom is -0.496 e. The Labute approximate surface area is 125 Å². The number of methoxy groups -OCH3 is 2. The van der Waals surface area contributed by atoms with Gasteiger partial charge in [-0.25, -0.2) is 0 Å². The van der Waals surface area contributed by atoms with Gasteiger partial charge in [-0.2, -0.15) is 5.10 Å². The maximum absolute atomic E-state index is 6.41. The molecule has 114 valence electrons. The van der Waals surface area contributed by atoms with Crippen LogP contribution in [0.25, 0.3) is 0 Å². The van der Waals surface area contributed by atoms with Crippen LogP contribution in [0.3, 0.4) is 0 Å². The Hall–Kier alpha value is -2.01. The molecule has 1 unspecified atom stereocenters. The molecule has 0 saturated carbocycles. The first-order valence-corrected chi connectivity index (χ1v) is 7.10. The highest BCUT2D eigenvalue weighted by Gasteiger charge is 2.19. The van der Waals surface area contributed by atoms with Crippen molar-refractivity contribution in [2.45, 2.75) is 32.9 Å². The largest absolute Gasteiger partial charge is 0.496 e. The van der Waals surface area contributed by atoms with Crippen LogP contribution in [-0.2, 0) is 13.0 Å². The molecule has 5 nitrogen and oxygen atoms in total. The van der Waals surface area contributed by atoms with Crippen molar-refractivity contribution in [1.29, 1.82) is 0 Å². The Kier molecular flexibility index (Phi) is 4.85. The van der Waals surface area contributed by atoms with Crippen LogP contribution in [0, 0.1) is 6.92 Å². The Morgan fingerprint density at radius 1 is 1.24 bits per heavy atom.